The topological polar surface area (TPSA) is 73.3 Å². The standard InChI is InChI=1S/C18H25N3O2/c1-11-18(12(2)23-21-11)13-4-9-17(16(19)10-13)20-14-5-7-15(22-3)8-6-14/h4,9-10,14-15,20H,5-8,19H2,1-3H3/i3D3. The van der Waals surface area contributed by atoms with Crippen molar-refractivity contribution in [1.82, 2.24) is 5.16 Å². The van der Waals surface area contributed by atoms with E-state index in [1.165, 1.54) is 0 Å². The quantitative estimate of drug-likeness (QED) is 0.836. The maximum atomic E-state index is 7.20. The van der Waals surface area contributed by atoms with Crippen LogP contribution in [0.5, 0.6) is 0 Å². The van der Waals surface area contributed by atoms with Crippen molar-refractivity contribution < 1.29 is 13.4 Å². The molecule has 1 aliphatic carbocycles. The molecule has 0 unspecified atom stereocenters. The van der Waals surface area contributed by atoms with Gasteiger partial charge in [0.1, 0.15) is 5.76 Å². The summed E-state index contributed by atoms with van der Waals surface area (Å²) in [7, 11) is -2.32. The van der Waals surface area contributed by atoms with Gasteiger partial charge in [0.05, 0.1) is 27.3 Å². The van der Waals surface area contributed by atoms with Gasteiger partial charge in [0.2, 0.25) is 0 Å². The molecule has 5 nitrogen and oxygen atoms in total. The summed E-state index contributed by atoms with van der Waals surface area (Å²) >= 11 is 0. The Morgan fingerprint density at radius 2 is 2.09 bits per heavy atom. The van der Waals surface area contributed by atoms with E-state index in [4.69, 9.17) is 19.1 Å². The molecule has 0 bridgehead atoms. The number of anilines is 2. The highest BCUT2D eigenvalue weighted by Gasteiger charge is 2.21. The molecule has 0 saturated heterocycles. The lowest BCUT2D eigenvalue weighted by Gasteiger charge is -2.29. The number of nitrogens with one attached hydrogen (secondary N) is 1. The number of hydrogen-bond donors (Lipinski definition) is 2. The minimum Gasteiger partial charge on any atom is -0.397 e. The van der Waals surface area contributed by atoms with Gasteiger partial charge in [0, 0.05) is 18.6 Å². The van der Waals surface area contributed by atoms with E-state index >= 15 is 0 Å². The van der Waals surface area contributed by atoms with Crippen LogP contribution in [0, 0.1) is 13.8 Å². The number of aryl methyl sites for hydroxylation is 2. The molecule has 124 valence electrons. The van der Waals surface area contributed by atoms with E-state index in [-0.39, 0.29) is 12.1 Å². The Hall–Kier alpha value is -2.01. The summed E-state index contributed by atoms with van der Waals surface area (Å²) in [4.78, 5) is 0. The average Bonchev–Trinajstić information content (AvgIpc) is 2.89. The van der Waals surface area contributed by atoms with Crippen LogP contribution in [0.2, 0.25) is 0 Å². The van der Waals surface area contributed by atoms with Gasteiger partial charge in [0.15, 0.2) is 0 Å². The molecule has 23 heavy (non-hydrogen) atoms. The lowest BCUT2D eigenvalue weighted by Crippen LogP contribution is -2.29. The lowest BCUT2D eigenvalue weighted by atomic mass is 9.92. The largest absolute Gasteiger partial charge is 0.397 e. The van der Waals surface area contributed by atoms with Gasteiger partial charge in [-0.2, -0.15) is 0 Å². The van der Waals surface area contributed by atoms with Crippen molar-refractivity contribution in [3.8, 4) is 11.1 Å². The van der Waals surface area contributed by atoms with E-state index in [0.29, 0.717) is 5.69 Å². The number of rotatable bonds is 4. The fourth-order valence-electron chi connectivity index (χ4n) is 3.29. The highest BCUT2D eigenvalue weighted by atomic mass is 16.5. The van der Waals surface area contributed by atoms with Gasteiger partial charge < -0.3 is 20.3 Å². The van der Waals surface area contributed by atoms with Crippen molar-refractivity contribution in [2.45, 2.75) is 51.7 Å². The first-order chi connectivity index (χ1) is 12.2. The van der Waals surface area contributed by atoms with Crippen molar-refractivity contribution in [3.05, 3.63) is 29.7 Å². The van der Waals surface area contributed by atoms with Crippen LogP contribution in [0.25, 0.3) is 11.1 Å². The Labute approximate surface area is 141 Å². The lowest BCUT2D eigenvalue weighted by molar-refractivity contribution is 0.0682. The molecule has 3 rings (SSSR count). The van der Waals surface area contributed by atoms with E-state index in [0.717, 1.165) is 54.0 Å². The number of benzene rings is 1. The average molecular weight is 318 g/mol. The molecule has 0 amide bonds. The molecule has 0 spiro atoms. The molecule has 1 heterocycles. The Kier molecular flexibility index (Phi) is 3.58. The fourth-order valence-corrected chi connectivity index (χ4v) is 3.29. The number of ether oxygens (including phenoxy) is 1. The minimum atomic E-state index is -2.32. The summed E-state index contributed by atoms with van der Waals surface area (Å²) in [5.41, 5.74) is 10.6. The molecule has 1 fully saturated rings. The maximum absolute atomic E-state index is 7.20. The zero-order chi connectivity index (χ0) is 18.9. The van der Waals surface area contributed by atoms with Gasteiger partial charge in [0.25, 0.3) is 0 Å². The maximum Gasteiger partial charge on any atom is 0.141 e. The summed E-state index contributed by atoms with van der Waals surface area (Å²) in [6.45, 7) is 3.80. The normalized spacial score (nSPS) is 23.8. The third-order valence-corrected chi connectivity index (χ3v) is 4.57. The second kappa shape index (κ2) is 6.62. The Balaban J connectivity index is 1.63. The van der Waals surface area contributed by atoms with Crippen LogP contribution in [0.4, 0.5) is 11.4 Å². The number of aromatic nitrogens is 1. The van der Waals surface area contributed by atoms with Crippen LogP contribution in [-0.4, -0.2) is 24.3 Å². The Morgan fingerprint density at radius 3 is 2.70 bits per heavy atom. The fraction of sp³-hybridized carbons (Fsp3) is 0.500. The molecule has 2 aromatic rings. The van der Waals surface area contributed by atoms with Crippen LogP contribution in [0.3, 0.4) is 0 Å². The minimum absolute atomic E-state index is 0.195. The van der Waals surface area contributed by atoms with Crippen molar-refractivity contribution in [1.29, 1.82) is 0 Å². The van der Waals surface area contributed by atoms with Gasteiger partial charge in [-0.15, -0.1) is 0 Å². The molecular weight excluding hydrogens is 290 g/mol. The predicted octanol–water partition coefficient (Wildman–Crippen LogP) is 3.91. The molecule has 0 aliphatic heterocycles. The van der Waals surface area contributed by atoms with Crippen LogP contribution < -0.4 is 11.1 Å². The Morgan fingerprint density at radius 1 is 1.30 bits per heavy atom. The van der Waals surface area contributed by atoms with Crippen molar-refractivity contribution >= 4 is 11.4 Å². The summed E-state index contributed by atoms with van der Waals surface area (Å²) in [5, 5.41) is 7.46. The van der Waals surface area contributed by atoms with Crippen LogP contribution in [-0.2, 0) is 4.74 Å². The van der Waals surface area contributed by atoms with E-state index in [2.05, 4.69) is 10.5 Å². The molecule has 1 saturated carbocycles. The summed E-state index contributed by atoms with van der Waals surface area (Å²) in [6, 6.07) is 6.17. The third-order valence-electron chi connectivity index (χ3n) is 4.57. The number of nitrogen functional groups attached to an aromatic ring is 1. The number of nitrogens with two attached hydrogens (primary N) is 1. The zero-order valence-corrected chi connectivity index (χ0v) is 13.6. The van der Waals surface area contributed by atoms with E-state index < -0.39 is 7.04 Å². The monoisotopic (exact) mass is 318 g/mol. The molecule has 1 aromatic heterocycles. The highest BCUT2D eigenvalue weighted by Crippen LogP contribution is 2.32. The number of methoxy groups -OCH3 is 1. The van der Waals surface area contributed by atoms with Gasteiger partial charge in [-0.25, -0.2) is 0 Å². The molecule has 0 atom stereocenters. The van der Waals surface area contributed by atoms with Crippen molar-refractivity contribution in [2.24, 2.45) is 0 Å². The Bertz CT molecular complexity index is 746. The molecule has 0 radical (unpaired) electrons. The molecule has 5 heteroatoms. The first kappa shape index (κ1) is 12.4. The first-order valence-electron chi connectivity index (χ1n) is 9.50. The second-order valence-electron chi connectivity index (χ2n) is 6.24. The summed E-state index contributed by atoms with van der Waals surface area (Å²) in [6.07, 6.45) is 2.97. The summed E-state index contributed by atoms with van der Waals surface area (Å²) in [5.74, 6) is 0.773. The smallest absolute Gasteiger partial charge is 0.141 e. The van der Waals surface area contributed by atoms with E-state index in [1.54, 1.807) is 0 Å². The van der Waals surface area contributed by atoms with Gasteiger partial charge in [-0.05, 0) is 57.2 Å². The van der Waals surface area contributed by atoms with Gasteiger partial charge >= 0.3 is 0 Å². The summed E-state index contributed by atoms with van der Waals surface area (Å²) < 4.78 is 31.9. The molecular formula is C18H25N3O2. The second-order valence-corrected chi connectivity index (χ2v) is 6.24. The SMILES string of the molecule is [2H]C([2H])([2H])OC1CCC(Nc2ccc(-c3c(C)noc3C)cc2N)CC1. The molecule has 1 aromatic carbocycles. The van der Waals surface area contributed by atoms with E-state index in [1.807, 2.05) is 32.0 Å². The van der Waals surface area contributed by atoms with Crippen molar-refractivity contribution in [3.63, 3.8) is 0 Å². The molecule has 1 aliphatic rings. The van der Waals surface area contributed by atoms with Gasteiger partial charge in [-0.1, -0.05) is 11.2 Å². The zero-order valence-electron chi connectivity index (χ0n) is 16.6. The van der Waals surface area contributed by atoms with Crippen LogP contribution in [0.1, 0.15) is 41.2 Å². The van der Waals surface area contributed by atoms with Crippen LogP contribution in [0.15, 0.2) is 22.7 Å². The van der Waals surface area contributed by atoms with Gasteiger partial charge in [-0.3, -0.25) is 0 Å². The predicted molar refractivity (Wildman–Crippen MR) is 92.5 cm³/mol. The number of nitrogens with zero attached hydrogens (tertiary/aromatic N) is 1. The number of hydrogen-bond acceptors (Lipinski definition) is 5. The van der Waals surface area contributed by atoms with E-state index in [9.17, 15) is 0 Å². The van der Waals surface area contributed by atoms with Crippen LogP contribution >= 0.6 is 0 Å². The molecule has 3 N–H and O–H groups in total. The van der Waals surface area contributed by atoms with Crippen molar-refractivity contribution in [2.75, 3.05) is 18.1 Å². The third kappa shape index (κ3) is 3.34. The highest BCUT2D eigenvalue weighted by molar-refractivity contribution is 5.77. The first-order valence-corrected chi connectivity index (χ1v) is 8.00.